The van der Waals surface area contributed by atoms with Crippen molar-refractivity contribution >= 4 is 16.8 Å². The maximum Gasteiger partial charge on any atom is 0.222 e. The zero-order valence-electron chi connectivity index (χ0n) is 16.4. The fourth-order valence-corrected chi connectivity index (χ4v) is 5.09. The van der Waals surface area contributed by atoms with Gasteiger partial charge in [0.1, 0.15) is 0 Å². The highest BCUT2D eigenvalue weighted by atomic mass is 16.3. The Labute approximate surface area is 161 Å². The molecule has 2 saturated heterocycles. The van der Waals surface area contributed by atoms with Crippen LogP contribution in [-0.4, -0.2) is 58.2 Å². The quantitative estimate of drug-likeness (QED) is 0.882. The third-order valence-corrected chi connectivity index (χ3v) is 6.44. The van der Waals surface area contributed by atoms with Gasteiger partial charge in [0.2, 0.25) is 5.91 Å². The van der Waals surface area contributed by atoms with Gasteiger partial charge in [-0.15, -0.1) is 0 Å². The number of carbonyl (C=O) groups is 1. The van der Waals surface area contributed by atoms with Gasteiger partial charge in [0, 0.05) is 56.3 Å². The third kappa shape index (κ3) is 3.76. The molecule has 2 aromatic rings. The van der Waals surface area contributed by atoms with E-state index in [9.17, 15) is 9.90 Å². The number of carbonyl (C=O) groups excluding carboxylic acids is 1. The van der Waals surface area contributed by atoms with Crippen LogP contribution in [0.25, 0.3) is 10.9 Å². The number of fused-ring (bicyclic) bond motifs is 1. The van der Waals surface area contributed by atoms with Gasteiger partial charge in [-0.25, -0.2) is 0 Å². The Morgan fingerprint density at radius 1 is 1.19 bits per heavy atom. The van der Waals surface area contributed by atoms with E-state index in [0.717, 1.165) is 39.1 Å². The second-order valence-electron chi connectivity index (χ2n) is 8.35. The number of β-amino-alcohol motifs (C(OH)–C–C–N with tert-alkyl or cyclic N) is 1. The summed E-state index contributed by atoms with van der Waals surface area (Å²) in [4.78, 5) is 16.6. The topological polar surface area (TPSA) is 48.7 Å². The van der Waals surface area contributed by atoms with Crippen LogP contribution in [0.5, 0.6) is 0 Å². The van der Waals surface area contributed by atoms with E-state index in [2.05, 4.69) is 46.9 Å². The van der Waals surface area contributed by atoms with Gasteiger partial charge in [-0.3, -0.25) is 9.69 Å². The zero-order valence-corrected chi connectivity index (χ0v) is 16.4. The molecular formula is C22H31N3O2. The van der Waals surface area contributed by atoms with Gasteiger partial charge in [-0.05, 0) is 61.9 Å². The summed E-state index contributed by atoms with van der Waals surface area (Å²) >= 11 is 0. The highest BCUT2D eigenvalue weighted by molar-refractivity contribution is 5.80. The van der Waals surface area contributed by atoms with Crippen LogP contribution in [0.4, 0.5) is 0 Å². The van der Waals surface area contributed by atoms with Crippen LogP contribution in [0.2, 0.25) is 0 Å². The van der Waals surface area contributed by atoms with Crippen molar-refractivity contribution < 1.29 is 9.90 Å². The maximum absolute atomic E-state index is 12.1. The van der Waals surface area contributed by atoms with Gasteiger partial charge in [0.05, 0.1) is 6.61 Å². The van der Waals surface area contributed by atoms with Crippen LogP contribution in [0.1, 0.15) is 38.2 Å². The van der Waals surface area contributed by atoms with E-state index in [4.69, 9.17) is 0 Å². The summed E-state index contributed by atoms with van der Waals surface area (Å²) in [5.41, 5.74) is 2.88. The molecule has 0 radical (unpaired) electrons. The summed E-state index contributed by atoms with van der Waals surface area (Å²) in [5.74, 6) is 0.206. The first-order valence-corrected chi connectivity index (χ1v) is 10.3. The first-order valence-electron chi connectivity index (χ1n) is 10.3. The molecule has 1 spiro atoms. The lowest BCUT2D eigenvalue weighted by atomic mass is 9.73. The summed E-state index contributed by atoms with van der Waals surface area (Å²) in [5, 5.41) is 10.6. The number of aliphatic hydroxyl groups is 1. The normalized spacial score (nSPS) is 24.2. The number of amides is 1. The number of piperidine rings is 2. The van der Waals surface area contributed by atoms with Crippen molar-refractivity contribution in [3.63, 3.8) is 0 Å². The predicted molar refractivity (Wildman–Crippen MR) is 107 cm³/mol. The molecular weight excluding hydrogens is 338 g/mol. The van der Waals surface area contributed by atoms with E-state index in [1.165, 1.54) is 29.3 Å². The number of hydrogen-bond acceptors (Lipinski definition) is 3. The lowest BCUT2D eigenvalue weighted by Crippen LogP contribution is -2.54. The number of aryl methyl sites for hydroxylation is 1. The molecule has 146 valence electrons. The van der Waals surface area contributed by atoms with Crippen LogP contribution in [0.3, 0.4) is 0 Å². The molecule has 2 fully saturated rings. The van der Waals surface area contributed by atoms with Crippen molar-refractivity contribution in [3.8, 4) is 0 Å². The molecule has 0 aliphatic carbocycles. The van der Waals surface area contributed by atoms with Crippen LogP contribution >= 0.6 is 0 Å². The second-order valence-corrected chi connectivity index (χ2v) is 8.35. The molecule has 2 aliphatic rings. The summed E-state index contributed by atoms with van der Waals surface area (Å²) in [6.45, 7) is 7.68. The largest absolute Gasteiger partial charge is 0.395 e. The van der Waals surface area contributed by atoms with Crippen molar-refractivity contribution in [1.29, 1.82) is 0 Å². The Morgan fingerprint density at radius 3 is 2.89 bits per heavy atom. The Kier molecular flexibility index (Phi) is 5.24. The SMILES string of the molecule is CCn1ccc2cc(CN3CCCC4(CCC(=O)N(CCO)C4)C3)ccc21. The van der Waals surface area contributed by atoms with Crippen LogP contribution in [0.15, 0.2) is 30.5 Å². The number of benzene rings is 1. The minimum atomic E-state index is 0.0585. The first-order chi connectivity index (χ1) is 13.1. The minimum absolute atomic E-state index is 0.0585. The molecule has 1 aromatic carbocycles. The van der Waals surface area contributed by atoms with Crippen molar-refractivity contribution in [2.75, 3.05) is 32.8 Å². The summed E-state index contributed by atoms with van der Waals surface area (Å²) < 4.78 is 2.28. The number of rotatable bonds is 5. The molecule has 1 N–H and O–H groups in total. The van der Waals surface area contributed by atoms with Gasteiger partial charge in [0.25, 0.3) is 0 Å². The number of nitrogens with zero attached hydrogens (tertiary/aromatic N) is 3. The predicted octanol–water partition coefficient (Wildman–Crippen LogP) is 2.86. The molecule has 5 nitrogen and oxygen atoms in total. The fraction of sp³-hybridized carbons (Fsp3) is 0.591. The zero-order chi connectivity index (χ0) is 18.9. The van der Waals surface area contributed by atoms with Crippen LogP contribution < -0.4 is 0 Å². The molecule has 0 saturated carbocycles. The molecule has 4 rings (SSSR count). The molecule has 1 atom stereocenters. The van der Waals surface area contributed by atoms with E-state index < -0.39 is 0 Å². The standard InChI is InChI=1S/C22H31N3O2/c1-2-24-11-7-19-14-18(4-5-20(19)24)15-23-10-3-8-22(16-23)9-6-21(27)25(17-22)12-13-26/h4-5,7,11,14,26H,2-3,6,8-10,12-13,15-17H2,1H3. The Bertz CT molecular complexity index is 815. The highest BCUT2D eigenvalue weighted by Gasteiger charge is 2.41. The molecule has 1 amide bonds. The van der Waals surface area contributed by atoms with Crippen molar-refractivity contribution in [2.24, 2.45) is 5.41 Å². The van der Waals surface area contributed by atoms with E-state index in [1.807, 2.05) is 4.90 Å². The number of aliphatic hydroxyl groups excluding tert-OH is 1. The van der Waals surface area contributed by atoms with Gasteiger partial charge in [-0.2, -0.15) is 0 Å². The molecule has 2 aliphatic heterocycles. The maximum atomic E-state index is 12.1. The number of hydrogen-bond donors (Lipinski definition) is 1. The second kappa shape index (κ2) is 7.64. The first kappa shape index (κ1) is 18.5. The molecule has 1 aromatic heterocycles. The van der Waals surface area contributed by atoms with Gasteiger partial charge in [-0.1, -0.05) is 6.07 Å². The summed E-state index contributed by atoms with van der Waals surface area (Å²) in [6, 6.07) is 9.04. The summed E-state index contributed by atoms with van der Waals surface area (Å²) in [6.07, 6.45) is 6.17. The smallest absolute Gasteiger partial charge is 0.222 e. The lowest BCUT2D eigenvalue weighted by molar-refractivity contribution is -0.140. The van der Waals surface area contributed by atoms with Crippen LogP contribution in [-0.2, 0) is 17.9 Å². The lowest BCUT2D eigenvalue weighted by Gasteiger charge is -2.48. The molecule has 3 heterocycles. The Balaban J connectivity index is 1.46. The average molecular weight is 370 g/mol. The molecule has 0 bridgehead atoms. The van der Waals surface area contributed by atoms with Gasteiger partial charge in [0.15, 0.2) is 0 Å². The van der Waals surface area contributed by atoms with Crippen molar-refractivity contribution in [3.05, 3.63) is 36.0 Å². The van der Waals surface area contributed by atoms with Crippen LogP contribution in [0, 0.1) is 5.41 Å². The third-order valence-electron chi connectivity index (χ3n) is 6.44. The Morgan fingerprint density at radius 2 is 2.07 bits per heavy atom. The van der Waals surface area contributed by atoms with E-state index in [-0.39, 0.29) is 17.9 Å². The number of likely N-dealkylation sites (tertiary alicyclic amines) is 2. The molecule has 1 unspecified atom stereocenters. The minimum Gasteiger partial charge on any atom is -0.395 e. The molecule has 5 heteroatoms. The monoisotopic (exact) mass is 369 g/mol. The average Bonchev–Trinajstić information content (AvgIpc) is 3.08. The van der Waals surface area contributed by atoms with E-state index in [1.54, 1.807) is 0 Å². The van der Waals surface area contributed by atoms with Crippen molar-refractivity contribution in [2.45, 2.75) is 45.7 Å². The van der Waals surface area contributed by atoms with E-state index >= 15 is 0 Å². The summed E-state index contributed by atoms with van der Waals surface area (Å²) in [7, 11) is 0. The van der Waals surface area contributed by atoms with E-state index in [0.29, 0.717) is 13.0 Å². The Hall–Kier alpha value is -1.85. The van der Waals surface area contributed by atoms with Gasteiger partial charge < -0.3 is 14.6 Å². The highest BCUT2D eigenvalue weighted by Crippen LogP contribution is 2.39. The van der Waals surface area contributed by atoms with Gasteiger partial charge >= 0.3 is 0 Å². The fourth-order valence-electron chi connectivity index (χ4n) is 5.09. The molecule has 27 heavy (non-hydrogen) atoms. The van der Waals surface area contributed by atoms with Crippen molar-refractivity contribution in [1.82, 2.24) is 14.4 Å². The number of aromatic nitrogens is 1.